The van der Waals surface area contributed by atoms with Crippen LogP contribution in [0.2, 0.25) is 13.1 Å². The van der Waals surface area contributed by atoms with Crippen LogP contribution in [0, 0.1) is 0 Å². The van der Waals surface area contributed by atoms with E-state index >= 15 is 0 Å². The Morgan fingerprint density at radius 1 is 0.356 bits per heavy atom. The van der Waals surface area contributed by atoms with Crippen LogP contribution in [0.5, 0.6) is 0 Å². The summed E-state index contributed by atoms with van der Waals surface area (Å²) in [5, 5.41) is 2.86. The lowest BCUT2D eigenvalue weighted by molar-refractivity contribution is 1.08. The Kier molecular flexibility index (Phi) is 6.58. The smallest absolute Gasteiger partial charge is 0.164 e. The van der Waals surface area contributed by atoms with Crippen LogP contribution in [0.15, 0.2) is 152 Å². The van der Waals surface area contributed by atoms with E-state index in [1.54, 1.807) is 0 Å². The summed E-state index contributed by atoms with van der Waals surface area (Å²) in [4.78, 5) is 15.6. The zero-order valence-electron chi connectivity index (χ0n) is 25.3. The van der Waals surface area contributed by atoms with E-state index in [-0.39, 0.29) is 0 Å². The fourth-order valence-electron chi connectivity index (χ4n) is 6.77. The Labute approximate surface area is 265 Å². The quantitative estimate of drug-likeness (QED) is 0.187. The van der Waals surface area contributed by atoms with Gasteiger partial charge >= 0.3 is 0 Å². The molecule has 0 saturated carbocycles. The summed E-state index contributed by atoms with van der Waals surface area (Å²) >= 11 is 0. The number of fused-ring (bicyclic) bond motifs is 3. The van der Waals surface area contributed by atoms with Gasteiger partial charge in [-0.2, -0.15) is 0 Å². The summed E-state index contributed by atoms with van der Waals surface area (Å²) in [6.45, 7) is 4.88. The number of aromatic nitrogens is 3. The predicted octanol–water partition coefficient (Wildman–Crippen LogP) is 9.01. The van der Waals surface area contributed by atoms with Crippen LogP contribution >= 0.6 is 0 Å². The van der Waals surface area contributed by atoms with Gasteiger partial charge in [-0.3, -0.25) is 0 Å². The molecule has 1 aliphatic heterocycles. The van der Waals surface area contributed by atoms with Crippen molar-refractivity contribution in [1.29, 1.82) is 0 Å². The molecule has 0 atom stereocenters. The Bertz CT molecular complexity index is 2180. The first kappa shape index (κ1) is 27.1. The van der Waals surface area contributed by atoms with E-state index in [0.717, 1.165) is 39.2 Å². The van der Waals surface area contributed by atoms with E-state index in [0.29, 0.717) is 11.6 Å². The van der Waals surface area contributed by atoms with Gasteiger partial charge in [0.15, 0.2) is 17.5 Å². The van der Waals surface area contributed by atoms with Crippen LogP contribution < -0.4 is 10.4 Å². The minimum absolute atomic E-state index is 0.671. The normalized spacial score (nSPS) is 12.8. The maximum Gasteiger partial charge on any atom is 0.164 e. The second-order valence-corrected chi connectivity index (χ2v) is 16.4. The molecule has 1 aliphatic rings. The molecule has 0 amide bonds. The molecule has 0 spiro atoms. The van der Waals surface area contributed by atoms with Crippen molar-refractivity contribution in [2.45, 2.75) is 13.1 Å². The minimum atomic E-state index is -2.01. The van der Waals surface area contributed by atoms with Gasteiger partial charge in [0.1, 0.15) is 8.07 Å². The van der Waals surface area contributed by atoms with Gasteiger partial charge in [-0.1, -0.05) is 153 Å². The highest BCUT2D eigenvalue weighted by molar-refractivity contribution is 7.04. The van der Waals surface area contributed by atoms with Crippen molar-refractivity contribution in [2.24, 2.45) is 0 Å². The first-order valence-electron chi connectivity index (χ1n) is 15.4. The second kappa shape index (κ2) is 10.9. The van der Waals surface area contributed by atoms with E-state index in [1.807, 2.05) is 18.2 Å². The van der Waals surface area contributed by atoms with E-state index in [9.17, 15) is 0 Å². The van der Waals surface area contributed by atoms with Gasteiger partial charge in [-0.25, -0.2) is 15.0 Å². The summed E-state index contributed by atoms with van der Waals surface area (Å²) < 4.78 is 0. The number of benzene rings is 6. The fourth-order valence-corrected chi connectivity index (χ4v) is 10.2. The predicted molar refractivity (Wildman–Crippen MR) is 189 cm³/mol. The third kappa shape index (κ3) is 4.71. The van der Waals surface area contributed by atoms with Crippen LogP contribution in [0.1, 0.15) is 0 Å². The molecule has 0 unspecified atom stereocenters. The number of rotatable bonds is 5. The summed E-state index contributed by atoms with van der Waals surface area (Å²) in [5.74, 6) is 2.06. The molecule has 1 aromatic heterocycles. The molecule has 214 valence electrons. The molecule has 0 bridgehead atoms. The van der Waals surface area contributed by atoms with Crippen molar-refractivity contribution in [3.05, 3.63) is 152 Å². The van der Waals surface area contributed by atoms with Crippen LogP contribution in [-0.2, 0) is 0 Å². The van der Waals surface area contributed by atoms with Crippen LogP contribution in [0.3, 0.4) is 0 Å². The van der Waals surface area contributed by atoms with Gasteiger partial charge in [0, 0.05) is 16.7 Å². The molecular weight excluding hydrogens is 563 g/mol. The first-order valence-corrected chi connectivity index (χ1v) is 18.4. The minimum Gasteiger partial charge on any atom is -0.208 e. The molecule has 2 heterocycles. The summed E-state index contributed by atoms with van der Waals surface area (Å²) in [6.07, 6.45) is 0. The maximum atomic E-state index is 5.29. The molecule has 45 heavy (non-hydrogen) atoms. The average Bonchev–Trinajstić information content (AvgIpc) is 3.35. The first-order chi connectivity index (χ1) is 22.1. The second-order valence-electron chi connectivity index (χ2n) is 12.1. The third-order valence-electron chi connectivity index (χ3n) is 8.94. The third-order valence-corrected chi connectivity index (χ3v) is 12.5. The monoisotopic (exact) mass is 593 g/mol. The van der Waals surface area contributed by atoms with Crippen molar-refractivity contribution in [3.63, 3.8) is 0 Å². The molecule has 6 aromatic carbocycles. The largest absolute Gasteiger partial charge is 0.208 e. The number of hydrogen-bond acceptors (Lipinski definition) is 3. The molecule has 4 heteroatoms. The molecule has 0 fully saturated rings. The van der Waals surface area contributed by atoms with Crippen molar-refractivity contribution in [2.75, 3.05) is 0 Å². The summed E-state index contributed by atoms with van der Waals surface area (Å²) in [6, 6.07) is 53.4. The highest BCUT2D eigenvalue weighted by Crippen LogP contribution is 2.37. The molecule has 7 aromatic rings. The molecular formula is C41H31N3Si. The van der Waals surface area contributed by atoms with Gasteiger partial charge in [-0.05, 0) is 55.9 Å². The zero-order chi connectivity index (χ0) is 30.4. The van der Waals surface area contributed by atoms with Crippen LogP contribution in [0.4, 0.5) is 0 Å². The molecule has 0 aliphatic carbocycles. The van der Waals surface area contributed by atoms with Gasteiger partial charge in [0.2, 0.25) is 0 Å². The maximum absolute atomic E-state index is 5.29. The lowest BCUT2D eigenvalue weighted by Crippen LogP contribution is -2.50. The van der Waals surface area contributed by atoms with E-state index < -0.39 is 8.07 Å². The number of nitrogens with zero attached hydrogens (tertiary/aromatic N) is 3. The molecule has 0 radical (unpaired) electrons. The fraction of sp³-hybridized carbons (Fsp3) is 0.0488. The lowest BCUT2D eigenvalue weighted by atomic mass is 9.94. The highest BCUT2D eigenvalue weighted by atomic mass is 28.3. The van der Waals surface area contributed by atoms with Gasteiger partial charge in [-0.15, -0.1) is 0 Å². The average molecular weight is 594 g/mol. The van der Waals surface area contributed by atoms with Crippen LogP contribution in [-0.4, -0.2) is 23.0 Å². The number of hydrogen-bond donors (Lipinski definition) is 0. The molecule has 0 N–H and O–H groups in total. The Morgan fingerprint density at radius 2 is 0.889 bits per heavy atom. The van der Waals surface area contributed by atoms with E-state index in [4.69, 9.17) is 15.0 Å². The van der Waals surface area contributed by atoms with Gasteiger partial charge in [0.25, 0.3) is 0 Å². The van der Waals surface area contributed by atoms with Crippen molar-refractivity contribution in [1.82, 2.24) is 15.0 Å². The van der Waals surface area contributed by atoms with Crippen molar-refractivity contribution >= 4 is 18.4 Å². The summed E-state index contributed by atoms with van der Waals surface area (Å²) in [7, 11) is -2.01. The van der Waals surface area contributed by atoms with E-state index in [2.05, 4.69) is 147 Å². The zero-order valence-corrected chi connectivity index (χ0v) is 26.3. The van der Waals surface area contributed by atoms with Gasteiger partial charge in [0.05, 0.1) is 0 Å². The summed E-state index contributed by atoms with van der Waals surface area (Å²) in [5.41, 5.74) is 10.2. The van der Waals surface area contributed by atoms with Gasteiger partial charge < -0.3 is 0 Å². The molecule has 3 nitrogen and oxygen atoms in total. The van der Waals surface area contributed by atoms with Crippen molar-refractivity contribution in [3.8, 4) is 67.5 Å². The van der Waals surface area contributed by atoms with Crippen LogP contribution in [0.25, 0.3) is 67.5 Å². The Morgan fingerprint density at radius 3 is 1.60 bits per heavy atom. The topological polar surface area (TPSA) is 38.7 Å². The molecule has 0 saturated heterocycles. The Balaban J connectivity index is 1.38. The van der Waals surface area contributed by atoms with E-state index in [1.165, 1.54) is 27.1 Å². The highest BCUT2D eigenvalue weighted by Gasteiger charge is 2.39. The standard InChI is InChI=1S/C41H31N3Si/c1-45(2)37-24-13-12-21-32(37)33-22-14-23-35(38(33)45)41-43-39(30-19-10-5-11-20-30)42-40(44-41)34-26-25-31(28-15-6-3-7-16-28)27-36(34)29-17-8-4-9-18-29/h3-27H,1-2H3. The SMILES string of the molecule is C[Si]1(C)c2ccccc2-c2cccc(-c3nc(-c4ccccc4)nc(-c4ccc(-c5ccccc5)cc4-c4ccccc4)n3)c21. The van der Waals surface area contributed by atoms with Crippen molar-refractivity contribution < 1.29 is 0 Å². The Hall–Kier alpha value is -5.45. The molecule has 8 rings (SSSR count). The lowest BCUT2D eigenvalue weighted by Gasteiger charge is -2.22.